The molecule has 3 rings (SSSR count). The predicted molar refractivity (Wildman–Crippen MR) is 81.9 cm³/mol. The molecule has 0 spiro atoms. The highest BCUT2D eigenvalue weighted by molar-refractivity contribution is 9.10. The molecule has 21 heavy (non-hydrogen) atoms. The number of halogens is 1. The zero-order valence-corrected chi connectivity index (χ0v) is 13.3. The van der Waals surface area contributed by atoms with Crippen LogP contribution in [0.3, 0.4) is 0 Å². The van der Waals surface area contributed by atoms with Gasteiger partial charge in [0.25, 0.3) is 5.91 Å². The van der Waals surface area contributed by atoms with Crippen molar-refractivity contribution in [2.24, 2.45) is 0 Å². The van der Waals surface area contributed by atoms with Gasteiger partial charge in [-0.25, -0.2) is 0 Å². The molecular formula is C15H16BrN3O2. The van der Waals surface area contributed by atoms with Crippen molar-refractivity contribution in [3.8, 4) is 0 Å². The molecule has 0 fully saturated rings. The fraction of sp³-hybridized carbons (Fsp3) is 0.333. The molecule has 0 aliphatic carbocycles. The van der Waals surface area contributed by atoms with E-state index in [0.29, 0.717) is 25.4 Å². The van der Waals surface area contributed by atoms with E-state index in [-0.39, 0.29) is 12.0 Å². The number of amides is 1. The number of benzene rings is 1. The molecule has 6 heteroatoms. The third kappa shape index (κ3) is 3.01. The van der Waals surface area contributed by atoms with E-state index < -0.39 is 0 Å². The summed E-state index contributed by atoms with van der Waals surface area (Å²) in [4.78, 5) is 11.8. The lowest BCUT2D eigenvalue weighted by atomic mass is 10.1. The van der Waals surface area contributed by atoms with Gasteiger partial charge >= 0.3 is 0 Å². The van der Waals surface area contributed by atoms with E-state index in [4.69, 9.17) is 4.74 Å². The van der Waals surface area contributed by atoms with E-state index in [1.165, 1.54) is 0 Å². The molecule has 1 aliphatic rings. The summed E-state index contributed by atoms with van der Waals surface area (Å²) in [5.74, 6) is -0.139. The predicted octanol–water partition coefficient (Wildman–Crippen LogP) is 2.67. The lowest BCUT2D eigenvalue weighted by molar-refractivity contribution is -0.00120. The smallest absolute Gasteiger partial charge is 0.271 e. The fourth-order valence-corrected chi connectivity index (χ4v) is 2.63. The molecule has 1 aliphatic heterocycles. The first kappa shape index (κ1) is 14.3. The number of hydrogen-bond donors (Lipinski definition) is 1. The lowest BCUT2D eigenvalue weighted by Crippen LogP contribution is -2.24. The summed E-state index contributed by atoms with van der Waals surface area (Å²) in [6.07, 6.45) is -0.0346. The molecule has 1 amide bonds. The molecule has 0 radical (unpaired) electrons. The van der Waals surface area contributed by atoms with E-state index in [1.54, 1.807) is 6.07 Å². The van der Waals surface area contributed by atoms with Crippen molar-refractivity contribution in [2.45, 2.75) is 26.2 Å². The normalized spacial score (nSPS) is 17.3. The van der Waals surface area contributed by atoms with Crippen molar-refractivity contribution < 1.29 is 9.53 Å². The zero-order valence-electron chi connectivity index (χ0n) is 11.7. The SMILES string of the molecule is CCNC(=O)c1cc2n(n1)CC(c1ccc(Br)cc1)OC2. The van der Waals surface area contributed by atoms with E-state index >= 15 is 0 Å². The number of hydrogen-bond acceptors (Lipinski definition) is 3. The molecule has 0 saturated heterocycles. The van der Waals surface area contributed by atoms with Gasteiger partial charge in [-0.3, -0.25) is 9.48 Å². The second kappa shape index (κ2) is 5.99. The quantitative estimate of drug-likeness (QED) is 0.926. The molecule has 110 valence electrons. The second-order valence-corrected chi connectivity index (χ2v) is 5.83. The molecule has 0 bridgehead atoms. The number of nitrogens with zero attached hydrogens (tertiary/aromatic N) is 2. The van der Waals surface area contributed by atoms with Crippen molar-refractivity contribution in [1.29, 1.82) is 0 Å². The second-order valence-electron chi connectivity index (χ2n) is 4.91. The average Bonchev–Trinajstić information content (AvgIpc) is 2.91. The highest BCUT2D eigenvalue weighted by Gasteiger charge is 2.23. The average molecular weight is 350 g/mol. The Balaban J connectivity index is 1.79. The van der Waals surface area contributed by atoms with Gasteiger partial charge in [-0.2, -0.15) is 5.10 Å². The first-order valence-corrected chi connectivity index (χ1v) is 7.68. The molecule has 1 aromatic heterocycles. The van der Waals surface area contributed by atoms with E-state index in [2.05, 4.69) is 26.3 Å². The number of carbonyl (C=O) groups is 1. The van der Waals surface area contributed by atoms with Gasteiger partial charge in [0.05, 0.1) is 18.8 Å². The Morgan fingerprint density at radius 1 is 1.48 bits per heavy atom. The van der Waals surface area contributed by atoms with Gasteiger partial charge in [-0.15, -0.1) is 0 Å². The minimum Gasteiger partial charge on any atom is -0.365 e. The van der Waals surface area contributed by atoms with Crippen LogP contribution in [0.1, 0.15) is 34.8 Å². The lowest BCUT2D eigenvalue weighted by Gasteiger charge is -2.24. The van der Waals surface area contributed by atoms with E-state index in [0.717, 1.165) is 15.7 Å². The Morgan fingerprint density at radius 2 is 2.24 bits per heavy atom. The largest absolute Gasteiger partial charge is 0.365 e. The van der Waals surface area contributed by atoms with Crippen molar-refractivity contribution >= 4 is 21.8 Å². The molecule has 1 unspecified atom stereocenters. The van der Waals surface area contributed by atoms with Crippen LogP contribution in [-0.2, 0) is 17.9 Å². The van der Waals surface area contributed by atoms with Gasteiger partial charge in [0, 0.05) is 11.0 Å². The van der Waals surface area contributed by atoms with E-state index in [9.17, 15) is 4.79 Å². The molecule has 2 heterocycles. The van der Waals surface area contributed by atoms with Gasteiger partial charge in [0.2, 0.25) is 0 Å². The third-order valence-corrected chi connectivity index (χ3v) is 3.97. The van der Waals surface area contributed by atoms with Crippen LogP contribution in [0.25, 0.3) is 0 Å². The van der Waals surface area contributed by atoms with Gasteiger partial charge in [0.1, 0.15) is 6.10 Å². The number of aromatic nitrogens is 2. The number of rotatable bonds is 3. The van der Waals surface area contributed by atoms with Gasteiger partial charge in [-0.05, 0) is 30.7 Å². The first-order chi connectivity index (χ1) is 10.2. The van der Waals surface area contributed by atoms with Gasteiger partial charge in [0.15, 0.2) is 5.69 Å². The zero-order chi connectivity index (χ0) is 14.8. The topological polar surface area (TPSA) is 56.2 Å². The summed E-state index contributed by atoms with van der Waals surface area (Å²) in [6.45, 7) is 3.57. The van der Waals surface area contributed by atoms with Crippen molar-refractivity contribution in [3.05, 3.63) is 51.8 Å². The molecule has 0 saturated carbocycles. The number of ether oxygens (including phenoxy) is 1. The van der Waals surface area contributed by atoms with Crippen LogP contribution in [-0.4, -0.2) is 22.2 Å². The highest BCUT2D eigenvalue weighted by Crippen LogP contribution is 2.27. The minimum absolute atomic E-state index is 0.0346. The summed E-state index contributed by atoms with van der Waals surface area (Å²) in [5.41, 5.74) is 2.50. The monoisotopic (exact) mass is 349 g/mol. The van der Waals surface area contributed by atoms with Crippen LogP contribution in [0.2, 0.25) is 0 Å². The molecular weight excluding hydrogens is 334 g/mol. The van der Waals surface area contributed by atoms with Crippen LogP contribution in [0.15, 0.2) is 34.8 Å². The van der Waals surface area contributed by atoms with Crippen LogP contribution >= 0.6 is 15.9 Å². The van der Waals surface area contributed by atoms with Crippen molar-refractivity contribution in [2.75, 3.05) is 6.54 Å². The first-order valence-electron chi connectivity index (χ1n) is 6.89. The number of carbonyl (C=O) groups excluding carboxylic acids is 1. The Labute approximate surface area is 131 Å². The number of fused-ring (bicyclic) bond motifs is 1. The Kier molecular flexibility index (Phi) is 4.07. The Morgan fingerprint density at radius 3 is 2.95 bits per heavy atom. The van der Waals surface area contributed by atoms with Crippen LogP contribution < -0.4 is 5.32 Å². The maximum Gasteiger partial charge on any atom is 0.271 e. The molecule has 2 aromatic rings. The van der Waals surface area contributed by atoms with Crippen LogP contribution in [0, 0.1) is 0 Å². The van der Waals surface area contributed by atoms with Crippen LogP contribution in [0.5, 0.6) is 0 Å². The highest BCUT2D eigenvalue weighted by atomic mass is 79.9. The Bertz CT molecular complexity index is 651. The van der Waals surface area contributed by atoms with Crippen molar-refractivity contribution in [1.82, 2.24) is 15.1 Å². The summed E-state index contributed by atoms with van der Waals surface area (Å²) in [6, 6.07) is 9.86. The molecule has 5 nitrogen and oxygen atoms in total. The standard InChI is InChI=1S/C15H16BrN3O2/c1-2-17-15(20)13-7-12-9-21-14(8-19(12)18-13)10-3-5-11(16)6-4-10/h3-7,14H,2,8-9H2,1H3,(H,17,20). The summed E-state index contributed by atoms with van der Waals surface area (Å²) in [7, 11) is 0. The van der Waals surface area contributed by atoms with Crippen LogP contribution in [0.4, 0.5) is 0 Å². The third-order valence-electron chi connectivity index (χ3n) is 3.45. The minimum atomic E-state index is -0.139. The molecule has 1 N–H and O–H groups in total. The van der Waals surface area contributed by atoms with Crippen molar-refractivity contribution in [3.63, 3.8) is 0 Å². The molecule has 1 aromatic carbocycles. The summed E-state index contributed by atoms with van der Waals surface area (Å²) < 4.78 is 8.78. The van der Waals surface area contributed by atoms with Gasteiger partial charge < -0.3 is 10.1 Å². The number of nitrogens with one attached hydrogen (secondary N) is 1. The maximum atomic E-state index is 11.8. The summed E-state index contributed by atoms with van der Waals surface area (Å²) >= 11 is 3.43. The Hall–Kier alpha value is -1.66. The maximum absolute atomic E-state index is 11.8. The fourth-order valence-electron chi connectivity index (χ4n) is 2.37. The van der Waals surface area contributed by atoms with Gasteiger partial charge in [-0.1, -0.05) is 28.1 Å². The van der Waals surface area contributed by atoms with E-state index in [1.807, 2.05) is 35.9 Å². The molecule has 1 atom stereocenters. The summed E-state index contributed by atoms with van der Waals surface area (Å²) in [5, 5.41) is 7.14.